The van der Waals surface area contributed by atoms with Crippen molar-refractivity contribution in [3.8, 4) is 0 Å². The maximum Gasteiger partial charge on any atom is 0.243 e. The van der Waals surface area contributed by atoms with Crippen LogP contribution < -0.4 is 5.32 Å². The van der Waals surface area contributed by atoms with Crippen LogP contribution in [0.25, 0.3) is 0 Å². The number of carbonyl (C=O) groups excluding carboxylic acids is 2. The molecule has 4 nitrogen and oxygen atoms in total. The van der Waals surface area contributed by atoms with E-state index in [4.69, 9.17) is 11.6 Å². The van der Waals surface area contributed by atoms with Crippen molar-refractivity contribution in [1.29, 1.82) is 0 Å². The minimum absolute atomic E-state index is 0.0113. The van der Waals surface area contributed by atoms with E-state index in [0.29, 0.717) is 18.0 Å². The molecule has 0 saturated heterocycles. The molecule has 0 radical (unpaired) electrons. The molecule has 0 fully saturated rings. The highest BCUT2D eigenvalue weighted by molar-refractivity contribution is 9.10. The highest BCUT2D eigenvalue weighted by atomic mass is 79.9. The van der Waals surface area contributed by atoms with Crippen molar-refractivity contribution in [2.24, 2.45) is 0 Å². The Morgan fingerprint density at radius 1 is 0.971 bits per heavy atom. The summed E-state index contributed by atoms with van der Waals surface area (Å²) in [6, 6.07) is 24.3. The number of nitrogens with one attached hydrogen (secondary N) is 1. The van der Waals surface area contributed by atoms with Crippen molar-refractivity contribution in [1.82, 2.24) is 10.2 Å². The van der Waals surface area contributed by atoms with Gasteiger partial charge in [-0.05, 0) is 48.2 Å². The number of amides is 2. The summed E-state index contributed by atoms with van der Waals surface area (Å²) in [4.78, 5) is 28.9. The summed E-state index contributed by atoms with van der Waals surface area (Å²) in [5.74, 6) is -0.297. The molecule has 3 aromatic rings. The van der Waals surface area contributed by atoms with Crippen LogP contribution in [0.4, 0.5) is 0 Å². The molecule has 0 unspecified atom stereocenters. The molecule has 3 rings (SSSR count). The van der Waals surface area contributed by atoms with E-state index in [1.54, 1.807) is 11.0 Å². The highest BCUT2D eigenvalue weighted by Gasteiger charge is 2.31. The number of halogens is 2. The zero-order valence-corrected chi connectivity index (χ0v) is 21.9. The molecule has 0 aliphatic carbocycles. The predicted octanol–water partition coefficient (Wildman–Crippen LogP) is 6.20. The highest BCUT2D eigenvalue weighted by Crippen LogP contribution is 2.21. The van der Waals surface area contributed by atoms with Crippen LogP contribution in [0.5, 0.6) is 0 Å². The third-order valence-corrected chi connectivity index (χ3v) is 6.68. The monoisotopic (exact) mass is 540 g/mol. The number of rotatable bonds is 10. The molecule has 178 valence electrons. The molecule has 2 amide bonds. The lowest BCUT2D eigenvalue weighted by atomic mass is 10.0. The van der Waals surface area contributed by atoms with Gasteiger partial charge in [-0.25, -0.2) is 0 Å². The SMILES string of the molecule is CC[C@H](C)NC(=O)[C@H](Cc1ccccc1)N(Cc1cccc(Br)c1)C(=O)Cc1ccccc1Cl. The standard InChI is InChI=1S/C28H30BrClN2O2/c1-3-20(2)31-28(34)26(17-21-10-5-4-6-11-21)32(19-22-12-9-14-24(29)16-22)27(33)18-23-13-7-8-15-25(23)30/h4-16,20,26H,3,17-19H2,1-2H3,(H,31,34)/t20-,26-/m0/s1. The smallest absolute Gasteiger partial charge is 0.243 e. The average Bonchev–Trinajstić information content (AvgIpc) is 2.83. The van der Waals surface area contributed by atoms with Gasteiger partial charge in [-0.1, -0.05) is 95.1 Å². The first kappa shape index (κ1) is 26.0. The lowest BCUT2D eigenvalue weighted by Crippen LogP contribution is -2.52. The van der Waals surface area contributed by atoms with Crippen LogP contribution in [0.2, 0.25) is 5.02 Å². The Hall–Kier alpha value is -2.63. The average molecular weight is 542 g/mol. The van der Waals surface area contributed by atoms with Crippen LogP contribution in [-0.2, 0) is 29.0 Å². The largest absolute Gasteiger partial charge is 0.352 e. The third kappa shape index (κ3) is 7.44. The molecule has 1 N–H and O–H groups in total. The number of nitrogens with zero attached hydrogens (tertiary/aromatic N) is 1. The van der Waals surface area contributed by atoms with Gasteiger partial charge in [-0.2, -0.15) is 0 Å². The van der Waals surface area contributed by atoms with Crippen LogP contribution in [0.1, 0.15) is 37.0 Å². The molecular weight excluding hydrogens is 512 g/mol. The molecule has 0 aliphatic rings. The molecular formula is C28H30BrClN2O2. The summed E-state index contributed by atoms with van der Waals surface area (Å²) in [6.45, 7) is 4.31. The fourth-order valence-electron chi connectivity index (χ4n) is 3.73. The number of hydrogen-bond acceptors (Lipinski definition) is 2. The van der Waals surface area contributed by atoms with Gasteiger partial charge in [0.15, 0.2) is 0 Å². The van der Waals surface area contributed by atoms with Crippen molar-refractivity contribution >= 4 is 39.3 Å². The lowest BCUT2D eigenvalue weighted by Gasteiger charge is -2.32. The second-order valence-corrected chi connectivity index (χ2v) is 9.77. The van der Waals surface area contributed by atoms with Crippen molar-refractivity contribution in [3.63, 3.8) is 0 Å². The summed E-state index contributed by atoms with van der Waals surface area (Å²) < 4.78 is 0.923. The minimum Gasteiger partial charge on any atom is -0.352 e. The van der Waals surface area contributed by atoms with E-state index in [1.807, 2.05) is 86.6 Å². The molecule has 0 bridgehead atoms. The Morgan fingerprint density at radius 2 is 1.65 bits per heavy atom. The van der Waals surface area contributed by atoms with Crippen LogP contribution in [0, 0.1) is 0 Å². The molecule has 6 heteroatoms. The van der Waals surface area contributed by atoms with Crippen molar-refractivity contribution in [2.75, 3.05) is 0 Å². The topological polar surface area (TPSA) is 49.4 Å². The van der Waals surface area contributed by atoms with Gasteiger partial charge < -0.3 is 10.2 Å². The summed E-state index contributed by atoms with van der Waals surface area (Å²) in [7, 11) is 0. The Morgan fingerprint density at radius 3 is 2.32 bits per heavy atom. The molecule has 0 spiro atoms. The van der Waals surface area contributed by atoms with E-state index < -0.39 is 6.04 Å². The lowest BCUT2D eigenvalue weighted by molar-refractivity contribution is -0.141. The van der Waals surface area contributed by atoms with Gasteiger partial charge in [0.2, 0.25) is 11.8 Å². The molecule has 0 aliphatic heterocycles. The summed E-state index contributed by atoms with van der Waals surface area (Å²) in [5, 5.41) is 3.63. The van der Waals surface area contributed by atoms with Crippen molar-refractivity contribution in [2.45, 2.75) is 51.7 Å². The van der Waals surface area contributed by atoms with Gasteiger partial charge in [-0.15, -0.1) is 0 Å². The molecule has 0 heterocycles. The van der Waals surface area contributed by atoms with Crippen LogP contribution in [0.3, 0.4) is 0 Å². The van der Waals surface area contributed by atoms with E-state index in [-0.39, 0.29) is 24.3 Å². The van der Waals surface area contributed by atoms with Gasteiger partial charge in [-0.3, -0.25) is 9.59 Å². The van der Waals surface area contributed by atoms with Crippen LogP contribution in [0.15, 0.2) is 83.3 Å². The first-order chi connectivity index (χ1) is 16.4. The van der Waals surface area contributed by atoms with Crippen LogP contribution >= 0.6 is 27.5 Å². The summed E-state index contributed by atoms with van der Waals surface area (Å²) in [6.07, 6.45) is 1.35. The second kappa shape index (κ2) is 12.7. The molecule has 34 heavy (non-hydrogen) atoms. The van der Waals surface area contributed by atoms with Gasteiger partial charge in [0.05, 0.1) is 6.42 Å². The number of hydrogen-bond donors (Lipinski definition) is 1. The first-order valence-corrected chi connectivity index (χ1v) is 12.7. The van der Waals surface area contributed by atoms with Gasteiger partial charge in [0.25, 0.3) is 0 Å². The summed E-state index contributed by atoms with van der Waals surface area (Å²) in [5.41, 5.74) is 2.68. The minimum atomic E-state index is -0.662. The first-order valence-electron chi connectivity index (χ1n) is 11.5. The molecule has 0 saturated carbocycles. The Balaban J connectivity index is 1.98. The Labute approximate surface area is 215 Å². The Bertz CT molecular complexity index is 1110. The Kier molecular flexibility index (Phi) is 9.73. The fourth-order valence-corrected chi connectivity index (χ4v) is 4.38. The van der Waals surface area contributed by atoms with E-state index in [2.05, 4.69) is 21.2 Å². The zero-order valence-electron chi connectivity index (χ0n) is 19.5. The maximum absolute atomic E-state index is 13.7. The second-order valence-electron chi connectivity index (χ2n) is 8.44. The molecule has 0 aromatic heterocycles. The van der Waals surface area contributed by atoms with E-state index >= 15 is 0 Å². The fraction of sp³-hybridized carbons (Fsp3) is 0.286. The predicted molar refractivity (Wildman–Crippen MR) is 142 cm³/mol. The van der Waals surface area contributed by atoms with Gasteiger partial charge in [0.1, 0.15) is 6.04 Å². The third-order valence-electron chi connectivity index (χ3n) is 5.81. The van der Waals surface area contributed by atoms with E-state index in [9.17, 15) is 9.59 Å². The van der Waals surface area contributed by atoms with Crippen LogP contribution in [-0.4, -0.2) is 28.8 Å². The quantitative estimate of drug-likeness (QED) is 0.332. The van der Waals surface area contributed by atoms with Gasteiger partial charge >= 0.3 is 0 Å². The summed E-state index contributed by atoms with van der Waals surface area (Å²) >= 11 is 9.87. The van der Waals surface area contributed by atoms with E-state index in [1.165, 1.54) is 0 Å². The maximum atomic E-state index is 13.7. The zero-order chi connectivity index (χ0) is 24.5. The number of carbonyl (C=O) groups is 2. The van der Waals surface area contributed by atoms with Gasteiger partial charge in [0, 0.05) is 28.5 Å². The van der Waals surface area contributed by atoms with Crippen molar-refractivity contribution < 1.29 is 9.59 Å². The molecule has 2 atom stereocenters. The molecule has 3 aromatic carbocycles. The normalized spacial score (nSPS) is 12.6. The van der Waals surface area contributed by atoms with Crippen molar-refractivity contribution in [3.05, 3.63) is 105 Å². The van der Waals surface area contributed by atoms with E-state index in [0.717, 1.165) is 27.6 Å². The number of benzene rings is 3.